The summed E-state index contributed by atoms with van der Waals surface area (Å²) in [6, 6.07) is 3.50. The minimum atomic E-state index is -0.102. The number of rotatable bonds is 7. The van der Waals surface area contributed by atoms with Crippen molar-refractivity contribution in [1.82, 2.24) is 10.3 Å². The molecule has 1 amide bonds. The van der Waals surface area contributed by atoms with Gasteiger partial charge in [0.15, 0.2) is 0 Å². The number of aromatic nitrogens is 1. The lowest BCUT2D eigenvalue weighted by atomic mass is 10.2. The number of nitrogens with zero attached hydrogens (tertiary/aromatic N) is 1. The molecule has 0 atom stereocenters. The summed E-state index contributed by atoms with van der Waals surface area (Å²) >= 11 is 0. The van der Waals surface area contributed by atoms with Crippen molar-refractivity contribution in [2.75, 3.05) is 32.1 Å². The maximum Gasteiger partial charge on any atom is 0.251 e. The topological polar surface area (TPSA) is 63.2 Å². The van der Waals surface area contributed by atoms with E-state index in [9.17, 15) is 4.79 Å². The van der Waals surface area contributed by atoms with Crippen LogP contribution in [0.2, 0.25) is 0 Å². The minimum Gasteiger partial charge on any atom is -0.379 e. The molecule has 19 heavy (non-hydrogen) atoms. The highest BCUT2D eigenvalue weighted by Gasteiger charge is 2.07. The van der Waals surface area contributed by atoms with Crippen LogP contribution in [0.15, 0.2) is 12.1 Å². The van der Waals surface area contributed by atoms with Gasteiger partial charge in [0.25, 0.3) is 5.91 Å². The molecule has 0 radical (unpaired) electrons. The Labute approximate surface area is 114 Å². The molecule has 0 fully saturated rings. The van der Waals surface area contributed by atoms with Gasteiger partial charge in [0, 0.05) is 31.5 Å². The van der Waals surface area contributed by atoms with Crippen molar-refractivity contribution in [2.24, 2.45) is 5.92 Å². The third-order valence-corrected chi connectivity index (χ3v) is 2.45. The number of aryl methyl sites for hydroxylation is 1. The Balaban J connectivity index is 2.43. The fraction of sp³-hybridized carbons (Fsp3) is 0.571. The number of hydrogen-bond acceptors (Lipinski definition) is 4. The predicted octanol–water partition coefficient (Wildman–Crippen LogP) is 1.83. The summed E-state index contributed by atoms with van der Waals surface area (Å²) in [5.41, 5.74) is 1.42. The first-order valence-corrected chi connectivity index (χ1v) is 6.55. The van der Waals surface area contributed by atoms with Crippen LogP contribution in [0.1, 0.15) is 29.9 Å². The minimum absolute atomic E-state index is 0.102. The van der Waals surface area contributed by atoms with Gasteiger partial charge in [-0.2, -0.15) is 0 Å². The van der Waals surface area contributed by atoms with Gasteiger partial charge in [-0.15, -0.1) is 0 Å². The maximum atomic E-state index is 11.9. The maximum absolute atomic E-state index is 11.9. The average Bonchev–Trinajstić information content (AvgIpc) is 2.36. The molecule has 1 aromatic heterocycles. The number of ether oxygens (including phenoxy) is 1. The molecule has 0 aliphatic heterocycles. The summed E-state index contributed by atoms with van der Waals surface area (Å²) in [6.07, 6.45) is 0. The Morgan fingerprint density at radius 3 is 2.79 bits per heavy atom. The van der Waals surface area contributed by atoms with Crippen LogP contribution in [-0.4, -0.2) is 37.7 Å². The van der Waals surface area contributed by atoms with Gasteiger partial charge in [-0.25, -0.2) is 4.98 Å². The first kappa shape index (κ1) is 15.4. The van der Waals surface area contributed by atoms with Crippen molar-refractivity contribution in [3.8, 4) is 0 Å². The van der Waals surface area contributed by atoms with Gasteiger partial charge in [0.1, 0.15) is 5.82 Å². The second-order valence-electron chi connectivity index (χ2n) is 4.86. The van der Waals surface area contributed by atoms with Crippen molar-refractivity contribution in [2.45, 2.75) is 20.8 Å². The molecule has 0 saturated carbocycles. The smallest absolute Gasteiger partial charge is 0.251 e. The van der Waals surface area contributed by atoms with Crippen LogP contribution < -0.4 is 10.6 Å². The van der Waals surface area contributed by atoms with Crippen LogP contribution in [-0.2, 0) is 4.74 Å². The van der Waals surface area contributed by atoms with Crippen LogP contribution >= 0.6 is 0 Å². The quantitative estimate of drug-likeness (QED) is 0.738. The molecule has 0 saturated heterocycles. The molecule has 1 heterocycles. The molecule has 1 rings (SSSR count). The van der Waals surface area contributed by atoms with Crippen LogP contribution in [0.25, 0.3) is 0 Å². The molecule has 0 aliphatic carbocycles. The van der Waals surface area contributed by atoms with E-state index in [1.807, 2.05) is 6.92 Å². The number of carbonyl (C=O) groups excluding carboxylic acids is 1. The molecule has 0 bridgehead atoms. The van der Waals surface area contributed by atoms with Crippen LogP contribution in [0.3, 0.4) is 0 Å². The van der Waals surface area contributed by atoms with Gasteiger partial charge in [-0.3, -0.25) is 4.79 Å². The Morgan fingerprint density at radius 2 is 2.16 bits per heavy atom. The lowest BCUT2D eigenvalue weighted by Gasteiger charge is -2.09. The molecule has 0 spiro atoms. The number of anilines is 1. The first-order valence-electron chi connectivity index (χ1n) is 6.55. The van der Waals surface area contributed by atoms with E-state index in [1.165, 1.54) is 0 Å². The Hall–Kier alpha value is -1.62. The number of pyridine rings is 1. The van der Waals surface area contributed by atoms with Crippen molar-refractivity contribution in [3.05, 3.63) is 23.4 Å². The summed E-state index contributed by atoms with van der Waals surface area (Å²) in [4.78, 5) is 16.2. The standard InChI is InChI=1S/C14H23N3O2/c1-10(2)9-19-6-5-16-14(18)12-7-11(3)17-13(8-12)15-4/h7-8,10H,5-6,9H2,1-4H3,(H,15,17)(H,16,18). The molecule has 106 valence electrons. The lowest BCUT2D eigenvalue weighted by molar-refractivity contribution is 0.0886. The van der Waals surface area contributed by atoms with E-state index in [1.54, 1.807) is 19.2 Å². The van der Waals surface area contributed by atoms with Crippen LogP contribution in [0.4, 0.5) is 5.82 Å². The normalized spacial score (nSPS) is 10.6. The van der Waals surface area contributed by atoms with Gasteiger partial charge in [0.2, 0.25) is 0 Å². The zero-order valence-electron chi connectivity index (χ0n) is 12.1. The second kappa shape index (κ2) is 7.74. The summed E-state index contributed by atoms with van der Waals surface area (Å²) in [5, 5.41) is 5.77. The monoisotopic (exact) mass is 265 g/mol. The van der Waals surface area contributed by atoms with E-state index in [-0.39, 0.29) is 5.91 Å². The van der Waals surface area contributed by atoms with E-state index >= 15 is 0 Å². The zero-order chi connectivity index (χ0) is 14.3. The van der Waals surface area contributed by atoms with E-state index in [0.29, 0.717) is 37.1 Å². The second-order valence-corrected chi connectivity index (χ2v) is 4.86. The summed E-state index contributed by atoms with van der Waals surface area (Å²) in [5.74, 6) is 1.10. The van der Waals surface area contributed by atoms with Crippen LogP contribution in [0, 0.1) is 12.8 Å². The van der Waals surface area contributed by atoms with E-state index in [2.05, 4.69) is 29.5 Å². The summed E-state index contributed by atoms with van der Waals surface area (Å²) in [6.45, 7) is 7.82. The van der Waals surface area contributed by atoms with E-state index in [4.69, 9.17) is 4.74 Å². The third-order valence-electron chi connectivity index (χ3n) is 2.45. The molecule has 2 N–H and O–H groups in total. The highest BCUT2D eigenvalue weighted by atomic mass is 16.5. The molecule has 5 heteroatoms. The van der Waals surface area contributed by atoms with Gasteiger partial charge in [-0.05, 0) is 25.0 Å². The molecule has 5 nitrogen and oxygen atoms in total. The number of carbonyl (C=O) groups is 1. The number of amides is 1. The van der Waals surface area contributed by atoms with Crippen LogP contribution in [0.5, 0.6) is 0 Å². The third kappa shape index (κ3) is 5.70. The highest BCUT2D eigenvalue weighted by Crippen LogP contribution is 2.09. The van der Waals surface area contributed by atoms with E-state index in [0.717, 1.165) is 5.69 Å². The summed E-state index contributed by atoms with van der Waals surface area (Å²) in [7, 11) is 1.78. The SMILES string of the molecule is CNc1cc(C(=O)NCCOCC(C)C)cc(C)n1. The largest absolute Gasteiger partial charge is 0.379 e. The van der Waals surface area contributed by atoms with Gasteiger partial charge in [-0.1, -0.05) is 13.8 Å². The summed E-state index contributed by atoms with van der Waals surface area (Å²) < 4.78 is 5.41. The number of nitrogens with one attached hydrogen (secondary N) is 2. The van der Waals surface area contributed by atoms with Crippen molar-refractivity contribution in [3.63, 3.8) is 0 Å². The molecule has 1 aromatic rings. The Bertz CT molecular complexity index is 419. The fourth-order valence-corrected chi connectivity index (χ4v) is 1.59. The predicted molar refractivity (Wildman–Crippen MR) is 76.5 cm³/mol. The van der Waals surface area contributed by atoms with Gasteiger partial charge < -0.3 is 15.4 Å². The molecule has 0 aliphatic rings. The molecule has 0 unspecified atom stereocenters. The number of hydrogen-bond donors (Lipinski definition) is 2. The van der Waals surface area contributed by atoms with Gasteiger partial charge in [0.05, 0.1) is 6.61 Å². The Morgan fingerprint density at radius 1 is 1.42 bits per heavy atom. The Kier molecular flexibility index (Phi) is 6.29. The van der Waals surface area contributed by atoms with Crippen molar-refractivity contribution >= 4 is 11.7 Å². The molecular formula is C14H23N3O2. The molecular weight excluding hydrogens is 242 g/mol. The fourth-order valence-electron chi connectivity index (χ4n) is 1.59. The lowest BCUT2D eigenvalue weighted by Crippen LogP contribution is -2.27. The zero-order valence-corrected chi connectivity index (χ0v) is 12.1. The molecule has 0 aromatic carbocycles. The average molecular weight is 265 g/mol. The highest BCUT2D eigenvalue weighted by molar-refractivity contribution is 5.94. The van der Waals surface area contributed by atoms with Gasteiger partial charge >= 0.3 is 0 Å². The first-order chi connectivity index (χ1) is 9.02. The van der Waals surface area contributed by atoms with Crippen molar-refractivity contribution < 1.29 is 9.53 Å². The van der Waals surface area contributed by atoms with Crippen molar-refractivity contribution in [1.29, 1.82) is 0 Å². The van der Waals surface area contributed by atoms with E-state index < -0.39 is 0 Å².